The van der Waals surface area contributed by atoms with Crippen molar-refractivity contribution in [1.29, 1.82) is 5.26 Å². The molecule has 1 N–H and O–H groups in total. The van der Waals surface area contributed by atoms with E-state index >= 15 is 0 Å². The molecule has 3 nitrogen and oxygen atoms in total. The lowest BCUT2D eigenvalue weighted by atomic mass is 10.2. The number of hydrogen-bond acceptors (Lipinski definition) is 3. The summed E-state index contributed by atoms with van der Waals surface area (Å²) in [6.45, 7) is 4.36. The molecular formula is C12H15BrN2O. The molecule has 1 rings (SSSR count). The van der Waals surface area contributed by atoms with Gasteiger partial charge in [-0.05, 0) is 31.5 Å². The first-order valence-corrected chi connectivity index (χ1v) is 6.08. The van der Waals surface area contributed by atoms with Gasteiger partial charge in [0.15, 0.2) is 0 Å². The molecule has 0 saturated heterocycles. The molecule has 0 aliphatic rings. The van der Waals surface area contributed by atoms with E-state index in [0.29, 0.717) is 5.56 Å². The zero-order valence-electron chi connectivity index (χ0n) is 9.29. The Morgan fingerprint density at radius 2 is 2.25 bits per heavy atom. The quantitative estimate of drug-likeness (QED) is 0.816. The molecule has 86 valence electrons. The summed E-state index contributed by atoms with van der Waals surface area (Å²) in [6.07, 6.45) is 0.961. The zero-order valence-corrected chi connectivity index (χ0v) is 10.9. The first kappa shape index (κ1) is 13.0. The fraction of sp³-hybridized carbons (Fsp3) is 0.417. The van der Waals surface area contributed by atoms with Crippen molar-refractivity contribution in [1.82, 2.24) is 0 Å². The van der Waals surface area contributed by atoms with Crippen molar-refractivity contribution in [3.8, 4) is 6.07 Å². The number of ether oxygens (including phenoxy) is 1. The van der Waals surface area contributed by atoms with Crippen molar-refractivity contribution in [2.24, 2.45) is 0 Å². The van der Waals surface area contributed by atoms with Gasteiger partial charge in [-0.1, -0.05) is 15.9 Å². The molecule has 0 spiro atoms. The molecule has 4 heteroatoms. The van der Waals surface area contributed by atoms with E-state index in [1.807, 2.05) is 19.1 Å². The number of nitriles is 1. The minimum Gasteiger partial charge on any atom is -0.385 e. The first-order chi connectivity index (χ1) is 7.76. The van der Waals surface area contributed by atoms with Crippen molar-refractivity contribution >= 4 is 21.6 Å². The second-order valence-corrected chi connectivity index (χ2v) is 4.23. The smallest absolute Gasteiger partial charge is 0.0992 e. The third kappa shape index (κ3) is 4.65. The Hall–Kier alpha value is -1.05. The highest BCUT2D eigenvalue weighted by molar-refractivity contribution is 9.10. The molecule has 0 radical (unpaired) electrons. The number of nitrogens with one attached hydrogen (secondary N) is 1. The molecule has 0 aliphatic heterocycles. The lowest BCUT2D eigenvalue weighted by Gasteiger charge is -2.07. The van der Waals surface area contributed by atoms with Gasteiger partial charge in [0, 0.05) is 29.9 Å². The van der Waals surface area contributed by atoms with Gasteiger partial charge < -0.3 is 10.1 Å². The van der Waals surface area contributed by atoms with E-state index in [0.717, 1.165) is 36.3 Å². The number of hydrogen-bond donors (Lipinski definition) is 1. The van der Waals surface area contributed by atoms with E-state index in [-0.39, 0.29) is 0 Å². The molecular weight excluding hydrogens is 268 g/mol. The lowest BCUT2D eigenvalue weighted by Crippen LogP contribution is -2.05. The Morgan fingerprint density at radius 1 is 1.44 bits per heavy atom. The van der Waals surface area contributed by atoms with Gasteiger partial charge in [-0.2, -0.15) is 5.26 Å². The van der Waals surface area contributed by atoms with Gasteiger partial charge in [-0.25, -0.2) is 0 Å². The van der Waals surface area contributed by atoms with Crippen molar-refractivity contribution in [3.63, 3.8) is 0 Å². The Morgan fingerprint density at radius 3 is 2.94 bits per heavy atom. The maximum Gasteiger partial charge on any atom is 0.0992 e. The van der Waals surface area contributed by atoms with Crippen molar-refractivity contribution in [3.05, 3.63) is 28.2 Å². The Balaban J connectivity index is 2.42. The molecule has 0 atom stereocenters. The Kier molecular flexibility index (Phi) is 5.91. The minimum absolute atomic E-state index is 0.654. The molecule has 0 aliphatic carbocycles. The fourth-order valence-corrected chi connectivity index (χ4v) is 1.80. The molecule has 0 bridgehead atoms. The highest BCUT2D eigenvalue weighted by Gasteiger charge is 1.98. The van der Waals surface area contributed by atoms with Crippen LogP contribution in [0.25, 0.3) is 0 Å². The van der Waals surface area contributed by atoms with Gasteiger partial charge in [-0.3, -0.25) is 0 Å². The van der Waals surface area contributed by atoms with Gasteiger partial charge in [0.05, 0.1) is 11.6 Å². The van der Waals surface area contributed by atoms with E-state index in [1.54, 1.807) is 6.07 Å². The number of halogens is 1. The third-order valence-corrected chi connectivity index (χ3v) is 2.48. The van der Waals surface area contributed by atoms with Crippen molar-refractivity contribution in [2.75, 3.05) is 25.1 Å². The average Bonchev–Trinajstić information content (AvgIpc) is 2.28. The molecule has 0 aromatic heterocycles. The normalized spacial score (nSPS) is 9.81. The van der Waals surface area contributed by atoms with Gasteiger partial charge in [0.1, 0.15) is 0 Å². The van der Waals surface area contributed by atoms with Crippen LogP contribution in [0.4, 0.5) is 5.69 Å². The molecule has 1 aromatic carbocycles. The summed E-state index contributed by atoms with van der Waals surface area (Å²) >= 11 is 3.37. The van der Waals surface area contributed by atoms with Crippen molar-refractivity contribution < 1.29 is 4.74 Å². The molecule has 16 heavy (non-hydrogen) atoms. The van der Waals surface area contributed by atoms with Gasteiger partial charge in [0.2, 0.25) is 0 Å². The summed E-state index contributed by atoms with van der Waals surface area (Å²) in [5, 5.41) is 12.1. The standard InChI is InChI=1S/C12H15BrN2O/c1-2-16-5-3-4-15-12-7-10(9-14)6-11(13)8-12/h6-8,15H,2-5H2,1H3. The Labute approximate surface area is 105 Å². The van der Waals surface area contributed by atoms with E-state index in [1.165, 1.54) is 0 Å². The molecule has 1 aromatic rings. The SMILES string of the molecule is CCOCCCNc1cc(Br)cc(C#N)c1. The second-order valence-electron chi connectivity index (χ2n) is 3.32. The van der Waals surface area contributed by atoms with Crippen LogP contribution in [0.3, 0.4) is 0 Å². The predicted octanol–water partition coefficient (Wildman–Crippen LogP) is 3.16. The van der Waals surface area contributed by atoms with E-state index in [2.05, 4.69) is 27.3 Å². The largest absolute Gasteiger partial charge is 0.385 e. The topological polar surface area (TPSA) is 45.0 Å². The first-order valence-electron chi connectivity index (χ1n) is 5.28. The summed E-state index contributed by atoms with van der Waals surface area (Å²) in [4.78, 5) is 0. The van der Waals surface area contributed by atoms with E-state index < -0.39 is 0 Å². The fourth-order valence-electron chi connectivity index (χ4n) is 1.31. The maximum absolute atomic E-state index is 8.81. The van der Waals surface area contributed by atoms with Crippen LogP contribution in [-0.2, 0) is 4.74 Å². The molecule has 0 saturated carbocycles. The summed E-state index contributed by atoms with van der Waals surface area (Å²) in [5.41, 5.74) is 1.61. The minimum atomic E-state index is 0.654. The monoisotopic (exact) mass is 282 g/mol. The molecule has 0 fully saturated rings. The number of rotatable bonds is 6. The van der Waals surface area contributed by atoms with Crippen LogP contribution in [0.1, 0.15) is 18.9 Å². The second kappa shape index (κ2) is 7.26. The van der Waals surface area contributed by atoms with Crippen LogP contribution < -0.4 is 5.32 Å². The van der Waals surface area contributed by atoms with Gasteiger partial charge in [0.25, 0.3) is 0 Å². The van der Waals surface area contributed by atoms with Crippen molar-refractivity contribution in [2.45, 2.75) is 13.3 Å². The van der Waals surface area contributed by atoms with Gasteiger partial charge in [-0.15, -0.1) is 0 Å². The van der Waals surface area contributed by atoms with E-state index in [9.17, 15) is 0 Å². The van der Waals surface area contributed by atoms with Crippen LogP contribution >= 0.6 is 15.9 Å². The highest BCUT2D eigenvalue weighted by Crippen LogP contribution is 2.19. The molecule has 0 amide bonds. The van der Waals surface area contributed by atoms with Gasteiger partial charge >= 0.3 is 0 Å². The number of anilines is 1. The highest BCUT2D eigenvalue weighted by atomic mass is 79.9. The van der Waals surface area contributed by atoms with Crippen LogP contribution in [0.2, 0.25) is 0 Å². The third-order valence-electron chi connectivity index (χ3n) is 2.03. The Bertz CT molecular complexity index is 374. The average molecular weight is 283 g/mol. The number of benzene rings is 1. The predicted molar refractivity (Wildman–Crippen MR) is 68.5 cm³/mol. The van der Waals surface area contributed by atoms with Crippen LogP contribution in [0.5, 0.6) is 0 Å². The maximum atomic E-state index is 8.81. The summed E-state index contributed by atoms with van der Waals surface area (Å²) in [6, 6.07) is 7.72. The summed E-state index contributed by atoms with van der Waals surface area (Å²) in [5.74, 6) is 0. The molecule has 0 unspecified atom stereocenters. The van der Waals surface area contributed by atoms with E-state index in [4.69, 9.17) is 10.00 Å². The number of nitrogens with zero attached hydrogens (tertiary/aromatic N) is 1. The van der Waals surface area contributed by atoms with Crippen LogP contribution in [0, 0.1) is 11.3 Å². The van der Waals surface area contributed by atoms with Crippen LogP contribution in [0.15, 0.2) is 22.7 Å². The summed E-state index contributed by atoms with van der Waals surface area (Å²) in [7, 11) is 0. The molecule has 0 heterocycles. The van der Waals surface area contributed by atoms with Crippen LogP contribution in [-0.4, -0.2) is 19.8 Å². The lowest BCUT2D eigenvalue weighted by molar-refractivity contribution is 0.147. The zero-order chi connectivity index (χ0) is 11.8. The summed E-state index contributed by atoms with van der Waals surface area (Å²) < 4.78 is 6.15.